The predicted octanol–water partition coefficient (Wildman–Crippen LogP) is 0.460. The molecule has 3 aliphatic rings. The predicted molar refractivity (Wildman–Crippen MR) is 97.9 cm³/mol. The molecule has 27 heavy (non-hydrogen) atoms. The quantitative estimate of drug-likeness (QED) is 0.703. The monoisotopic (exact) mass is 387 g/mol. The maximum absolute atomic E-state index is 12.8. The molecule has 0 saturated carbocycles. The lowest BCUT2D eigenvalue weighted by atomic mass is 9.95. The van der Waals surface area contributed by atoms with E-state index in [2.05, 4.69) is 20.2 Å². The van der Waals surface area contributed by atoms with E-state index in [9.17, 15) is 9.59 Å². The lowest BCUT2D eigenvalue weighted by Crippen LogP contribution is -2.48. The van der Waals surface area contributed by atoms with Crippen LogP contribution in [0, 0.1) is 5.92 Å². The number of rotatable bonds is 4. The van der Waals surface area contributed by atoms with Gasteiger partial charge in [0.15, 0.2) is 5.16 Å². The third-order valence-electron chi connectivity index (χ3n) is 5.10. The minimum absolute atomic E-state index is 0.0527. The number of amides is 2. The van der Waals surface area contributed by atoms with Crippen molar-refractivity contribution in [3.63, 3.8) is 0 Å². The minimum atomic E-state index is -0.109. The molecule has 3 aliphatic heterocycles. The molecule has 0 aliphatic carbocycles. The molecule has 10 heteroatoms. The first-order chi connectivity index (χ1) is 13.1. The first-order valence-corrected chi connectivity index (χ1v) is 9.92. The first-order valence-electron chi connectivity index (χ1n) is 8.93. The molecule has 0 N–H and O–H groups in total. The Hall–Kier alpha value is -2.49. The van der Waals surface area contributed by atoms with Gasteiger partial charge in [-0.25, -0.2) is 4.98 Å². The number of thioether (sulfide) groups is 1. The summed E-state index contributed by atoms with van der Waals surface area (Å²) in [4.78, 5) is 37.5. The van der Waals surface area contributed by atoms with E-state index in [1.807, 2.05) is 16.8 Å². The Morgan fingerprint density at radius 3 is 2.85 bits per heavy atom. The van der Waals surface area contributed by atoms with Gasteiger partial charge >= 0.3 is 0 Å². The number of hydrogen-bond donors (Lipinski definition) is 0. The SMILES string of the molecule is Cn1cnnc1SCC(=O)N1C[C@H]2CC[C@@H]1CN(C(=O)c1cnccn1)C2. The molecule has 0 radical (unpaired) electrons. The molecule has 2 aromatic heterocycles. The van der Waals surface area contributed by atoms with Crippen molar-refractivity contribution in [1.29, 1.82) is 0 Å². The summed E-state index contributed by atoms with van der Waals surface area (Å²) in [5.41, 5.74) is 0.356. The van der Waals surface area contributed by atoms with Crippen LogP contribution in [-0.4, -0.2) is 77.8 Å². The highest BCUT2D eigenvalue weighted by atomic mass is 32.2. The Kier molecular flexibility index (Phi) is 5.06. The van der Waals surface area contributed by atoms with Crippen LogP contribution in [0.3, 0.4) is 0 Å². The smallest absolute Gasteiger partial charge is 0.274 e. The molecule has 2 atom stereocenters. The van der Waals surface area contributed by atoms with Crippen molar-refractivity contribution in [2.75, 3.05) is 25.4 Å². The summed E-state index contributed by atoms with van der Waals surface area (Å²) in [6.45, 7) is 1.91. The Balaban J connectivity index is 1.42. The van der Waals surface area contributed by atoms with Crippen LogP contribution in [0.5, 0.6) is 0 Å². The summed E-state index contributed by atoms with van der Waals surface area (Å²) in [6, 6.07) is 0.0527. The van der Waals surface area contributed by atoms with Crippen LogP contribution in [0.15, 0.2) is 30.1 Å². The van der Waals surface area contributed by atoms with Crippen molar-refractivity contribution in [3.8, 4) is 0 Å². The van der Waals surface area contributed by atoms with Gasteiger partial charge in [-0.1, -0.05) is 11.8 Å². The number of carbonyl (C=O) groups excluding carboxylic acids is 2. The van der Waals surface area contributed by atoms with Crippen molar-refractivity contribution in [1.82, 2.24) is 34.5 Å². The van der Waals surface area contributed by atoms with E-state index in [0.29, 0.717) is 37.0 Å². The van der Waals surface area contributed by atoms with Gasteiger partial charge in [-0.05, 0) is 18.8 Å². The average molecular weight is 387 g/mol. The number of hydrogen-bond acceptors (Lipinski definition) is 7. The van der Waals surface area contributed by atoms with Crippen LogP contribution in [0.2, 0.25) is 0 Å². The molecule has 0 unspecified atom stereocenters. The number of aryl methyl sites for hydroxylation is 1. The second kappa shape index (κ2) is 7.63. The highest BCUT2D eigenvalue weighted by molar-refractivity contribution is 7.99. The van der Waals surface area contributed by atoms with Crippen LogP contribution in [0.4, 0.5) is 0 Å². The zero-order valence-electron chi connectivity index (χ0n) is 15.1. The molecule has 5 rings (SSSR count). The molecule has 142 valence electrons. The first kappa shape index (κ1) is 17.9. The Labute approximate surface area is 161 Å². The van der Waals surface area contributed by atoms with Gasteiger partial charge in [0.05, 0.1) is 11.9 Å². The third kappa shape index (κ3) is 3.80. The molecule has 3 saturated heterocycles. The molecule has 0 aromatic carbocycles. The molecule has 2 bridgehead atoms. The second-order valence-corrected chi connectivity index (χ2v) is 7.90. The summed E-state index contributed by atoms with van der Waals surface area (Å²) < 4.78 is 1.80. The maximum atomic E-state index is 12.8. The molecule has 2 aromatic rings. The molecular formula is C17H21N7O2S. The molecule has 0 spiro atoms. The zero-order chi connectivity index (χ0) is 18.8. The van der Waals surface area contributed by atoms with Crippen molar-refractivity contribution in [2.45, 2.75) is 24.0 Å². The van der Waals surface area contributed by atoms with Crippen LogP contribution in [-0.2, 0) is 11.8 Å². The summed E-state index contributed by atoms with van der Waals surface area (Å²) in [5, 5.41) is 8.57. The van der Waals surface area contributed by atoms with Crippen LogP contribution >= 0.6 is 11.8 Å². The zero-order valence-corrected chi connectivity index (χ0v) is 15.9. The minimum Gasteiger partial charge on any atom is -0.337 e. The standard InChI is InChI=1S/C17H21N7O2S/c1-22-11-20-21-17(22)27-10-15(25)24-8-12-2-3-13(24)9-23(7-12)16(26)14-6-18-4-5-19-14/h4-6,11-13H,2-3,7-10H2,1H3/t12-,13+/m0/s1. The van der Waals surface area contributed by atoms with Gasteiger partial charge in [0.1, 0.15) is 12.0 Å². The van der Waals surface area contributed by atoms with Gasteiger partial charge in [-0.15, -0.1) is 10.2 Å². The molecule has 5 heterocycles. The topological polar surface area (TPSA) is 97.1 Å². The average Bonchev–Trinajstić information content (AvgIpc) is 2.91. The summed E-state index contributed by atoms with van der Waals surface area (Å²) >= 11 is 1.39. The second-order valence-electron chi connectivity index (χ2n) is 6.96. The van der Waals surface area contributed by atoms with Crippen molar-refractivity contribution >= 4 is 23.6 Å². The number of carbonyl (C=O) groups is 2. The van der Waals surface area contributed by atoms with E-state index >= 15 is 0 Å². The van der Waals surface area contributed by atoms with Crippen LogP contribution < -0.4 is 0 Å². The van der Waals surface area contributed by atoms with E-state index in [0.717, 1.165) is 18.0 Å². The van der Waals surface area contributed by atoms with E-state index in [1.54, 1.807) is 17.1 Å². The summed E-state index contributed by atoms with van der Waals surface area (Å²) in [6.07, 6.45) is 8.16. The highest BCUT2D eigenvalue weighted by Crippen LogP contribution is 2.29. The van der Waals surface area contributed by atoms with E-state index in [-0.39, 0.29) is 17.9 Å². The van der Waals surface area contributed by atoms with E-state index < -0.39 is 0 Å². The van der Waals surface area contributed by atoms with Crippen molar-refractivity contribution in [3.05, 3.63) is 30.6 Å². The molecule has 9 nitrogen and oxygen atoms in total. The van der Waals surface area contributed by atoms with Crippen LogP contribution in [0.1, 0.15) is 23.3 Å². The fourth-order valence-electron chi connectivity index (χ4n) is 3.74. The normalized spacial score (nSPS) is 22.0. The fraction of sp³-hybridized carbons (Fsp3) is 0.529. The van der Waals surface area contributed by atoms with Gasteiger partial charge in [-0.3, -0.25) is 14.6 Å². The van der Waals surface area contributed by atoms with Crippen molar-refractivity contribution in [2.24, 2.45) is 13.0 Å². The molecule has 3 fully saturated rings. The lowest BCUT2D eigenvalue weighted by molar-refractivity contribution is -0.132. The number of fused-ring (bicyclic) bond motifs is 4. The van der Waals surface area contributed by atoms with Gasteiger partial charge in [0, 0.05) is 45.1 Å². The largest absolute Gasteiger partial charge is 0.337 e. The summed E-state index contributed by atoms with van der Waals surface area (Å²) in [7, 11) is 1.86. The van der Waals surface area contributed by atoms with E-state index in [1.165, 1.54) is 24.2 Å². The van der Waals surface area contributed by atoms with Gasteiger partial charge in [-0.2, -0.15) is 0 Å². The Morgan fingerprint density at radius 2 is 2.11 bits per heavy atom. The van der Waals surface area contributed by atoms with Crippen molar-refractivity contribution < 1.29 is 9.59 Å². The highest BCUT2D eigenvalue weighted by Gasteiger charge is 2.38. The lowest BCUT2D eigenvalue weighted by Gasteiger charge is -2.36. The van der Waals surface area contributed by atoms with E-state index in [4.69, 9.17) is 0 Å². The molecular weight excluding hydrogens is 366 g/mol. The Morgan fingerprint density at radius 1 is 1.22 bits per heavy atom. The maximum Gasteiger partial charge on any atom is 0.274 e. The fourth-order valence-corrected chi connectivity index (χ4v) is 4.51. The third-order valence-corrected chi connectivity index (χ3v) is 6.12. The number of piperidine rings is 1. The van der Waals surface area contributed by atoms with Gasteiger partial charge < -0.3 is 14.4 Å². The van der Waals surface area contributed by atoms with Gasteiger partial charge in [0.2, 0.25) is 5.91 Å². The molecule has 2 amide bonds. The number of nitrogens with zero attached hydrogens (tertiary/aromatic N) is 7. The van der Waals surface area contributed by atoms with Gasteiger partial charge in [0.25, 0.3) is 5.91 Å². The summed E-state index contributed by atoms with van der Waals surface area (Å²) in [5.74, 6) is 0.607. The number of aromatic nitrogens is 5. The Bertz CT molecular complexity index is 828. The van der Waals surface area contributed by atoms with Crippen LogP contribution in [0.25, 0.3) is 0 Å².